The van der Waals surface area contributed by atoms with Crippen molar-refractivity contribution in [1.82, 2.24) is 15.1 Å². The van der Waals surface area contributed by atoms with Crippen molar-refractivity contribution in [3.63, 3.8) is 0 Å². The number of hydrogen-bond donors (Lipinski definition) is 2. The lowest BCUT2D eigenvalue weighted by molar-refractivity contribution is -0.130. The third-order valence-corrected chi connectivity index (χ3v) is 3.07. The van der Waals surface area contributed by atoms with Crippen molar-refractivity contribution in [1.29, 1.82) is 0 Å². The monoisotopic (exact) mass is 223 g/mol. The Morgan fingerprint density at radius 2 is 2.44 bits per heavy atom. The number of aliphatic hydroxyl groups is 1. The molecule has 0 unspecified atom stereocenters. The highest BCUT2D eigenvalue weighted by atomic mass is 16.3. The molecule has 0 spiro atoms. The normalized spacial score (nSPS) is 23.9. The summed E-state index contributed by atoms with van der Waals surface area (Å²) in [5.41, 5.74) is 0.838. The fraction of sp³-hybridized carbons (Fsp3) is 0.636. The number of amides is 1. The van der Waals surface area contributed by atoms with Crippen LogP contribution >= 0.6 is 0 Å². The van der Waals surface area contributed by atoms with Crippen LogP contribution in [0.1, 0.15) is 18.5 Å². The molecule has 0 atom stereocenters. The van der Waals surface area contributed by atoms with Crippen molar-refractivity contribution in [3.05, 3.63) is 18.0 Å². The third kappa shape index (κ3) is 2.61. The SMILES string of the molecule is CN(CC1CC(O)C1)C(=O)Cc1ccn[nH]1. The van der Waals surface area contributed by atoms with Gasteiger partial charge in [0.15, 0.2) is 0 Å². The van der Waals surface area contributed by atoms with Gasteiger partial charge in [-0.15, -0.1) is 0 Å². The molecule has 1 fully saturated rings. The van der Waals surface area contributed by atoms with E-state index in [1.165, 1.54) is 0 Å². The number of rotatable bonds is 4. The van der Waals surface area contributed by atoms with E-state index in [0.717, 1.165) is 25.1 Å². The summed E-state index contributed by atoms with van der Waals surface area (Å²) in [6.07, 6.45) is 3.50. The Morgan fingerprint density at radius 1 is 1.69 bits per heavy atom. The topological polar surface area (TPSA) is 69.2 Å². The van der Waals surface area contributed by atoms with E-state index in [-0.39, 0.29) is 12.0 Å². The quantitative estimate of drug-likeness (QED) is 0.765. The average Bonchev–Trinajstić information content (AvgIpc) is 2.68. The molecule has 5 heteroatoms. The maximum absolute atomic E-state index is 11.8. The molecule has 16 heavy (non-hydrogen) atoms. The van der Waals surface area contributed by atoms with Crippen LogP contribution in [0, 0.1) is 5.92 Å². The second-order valence-electron chi connectivity index (χ2n) is 4.52. The summed E-state index contributed by atoms with van der Waals surface area (Å²) < 4.78 is 0. The van der Waals surface area contributed by atoms with Gasteiger partial charge in [0.05, 0.1) is 12.5 Å². The summed E-state index contributed by atoms with van der Waals surface area (Å²) in [5, 5.41) is 15.7. The Labute approximate surface area is 94.5 Å². The van der Waals surface area contributed by atoms with Crippen LogP contribution in [-0.4, -0.2) is 45.8 Å². The second kappa shape index (κ2) is 4.65. The fourth-order valence-electron chi connectivity index (χ4n) is 2.02. The minimum atomic E-state index is -0.152. The standard InChI is InChI=1S/C11H17N3O2/c1-14(7-8-4-10(15)5-8)11(16)6-9-2-3-12-13-9/h2-3,8,10,15H,4-7H2,1H3,(H,12,13). The predicted molar refractivity (Wildman–Crippen MR) is 58.7 cm³/mol. The summed E-state index contributed by atoms with van der Waals surface area (Å²) in [4.78, 5) is 13.5. The lowest BCUT2D eigenvalue weighted by Crippen LogP contribution is -2.40. The second-order valence-corrected chi connectivity index (χ2v) is 4.52. The smallest absolute Gasteiger partial charge is 0.228 e. The largest absolute Gasteiger partial charge is 0.393 e. The van der Waals surface area contributed by atoms with Crippen LogP contribution in [0.15, 0.2) is 12.3 Å². The Hall–Kier alpha value is -1.36. The number of likely N-dealkylation sites (N-methyl/N-ethyl adjacent to an activating group) is 1. The van der Waals surface area contributed by atoms with Gasteiger partial charge >= 0.3 is 0 Å². The first-order valence-electron chi connectivity index (χ1n) is 5.55. The van der Waals surface area contributed by atoms with Gasteiger partial charge in [-0.2, -0.15) is 5.10 Å². The molecule has 1 aliphatic carbocycles. The molecule has 1 saturated carbocycles. The summed E-state index contributed by atoms with van der Waals surface area (Å²) in [7, 11) is 1.81. The van der Waals surface area contributed by atoms with E-state index in [0.29, 0.717) is 12.3 Å². The van der Waals surface area contributed by atoms with Crippen LogP contribution in [-0.2, 0) is 11.2 Å². The predicted octanol–water partition coefficient (Wildman–Crippen LogP) is 0.181. The van der Waals surface area contributed by atoms with Crippen molar-refractivity contribution in [2.24, 2.45) is 5.92 Å². The first kappa shape index (κ1) is 11.1. The van der Waals surface area contributed by atoms with Crippen LogP contribution in [0.4, 0.5) is 0 Å². The molecule has 1 amide bonds. The first-order chi connectivity index (χ1) is 7.65. The number of carbonyl (C=O) groups is 1. The van der Waals surface area contributed by atoms with Gasteiger partial charge in [-0.25, -0.2) is 0 Å². The van der Waals surface area contributed by atoms with Gasteiger partial charge in [-0.05, 0) is 24.8 Å². The molecule has 1 aromatic heterocycles. The molecule has 1 aromatic rings. The molecule has 2 rings (SSSR count). The first-order valence-corrected chi connectivity index (χ1v) is 5.55. The Bertz CT molecular complexity index is 344. The van der Waals surface area contributed by atoms with E-state index >= 15 is 0 Å². The van der Waals surface area contributed by atoms with Crippen molar-refractivity contribution < 1.29 is 9.90 Å². The fourth-order valence-corrected chi connectivity index (χ4v) is 2.02. The van der Waals surface area contributed by atoms with Crippen molar-refractivity contribution in [3.8, 4) is 0 Å². The van der Waals surface area contributed by atoms with Crippen LogP contribution in [0.5, 0.6) is 0 Å². The molecule has 88 valence electrons. The number of aromatic nitrogens is 2. The van der Waals surface area contributed by atoms with Crippen LogP contribution in [0.2, 0.25) is 0 Å². The number of aromatic amines is 1. The molecular formula is C11H17N3O2. The number of nitrogens with one attached hydrogen (secondary N) is 1. The van der Waals surface area contributed by atoms with Crippen LogP contribution in [0.3, 0.4) is 0 Å². The van der Waals surface area contributed by atoms with E-state index in [2.05, 4.69) is 10.2 Å². The maximum atomic E-state index is 11.8. The zero-order chi connectivity index (χ0) is 11.5. The van der Waals surface area contributed by atoms with E-state index in [9.17, 15) is 4.79 Å². The van der Waals surface area contributed by atoms with Crippen molar-refractivity contribution in [2.75, 3.05) is 13.6 Å². The summed E-state index contributed by atoms with van der Waals surface area (Å²) in [5.74, 6) is 0.552. The molecule has 0 saturated heterocycles. The van der Waals surface area contributed by atoms with Gasteiger partial charge in [-0.1, -0.05) is 0 Å². The molecule has 1 heterocycles. The Morgan fingerprint density at radius 3 is 3.00 bits per heavy atom. The molecule has 1 aliphatic rings. The Balaban J connectivity index is 1.76. The van der Waals surface area contributed by atoms with Gasteiger partial charge < -0.3 is 10.0 Å². The molecule has 2 N–H and O–H groups in total. The van der Waals surface area contributed by atoms with E-state index in [4.69, 9.17) is 5.11 Å². The number of carbonyl (C=O) groups excluding carboxylic acids is 1. The van der Waals surface area contributed by atoms with Crippen LogP contribution < -0.4 is 0 Å². The number of aliphatic hydroxyl groups excluding tert-OH is 1. The lowest BCUT2D eigenvalue weighted by atomic mass is 9.82. The maximum Gasteiger partial charge on any atom is 0.228 e. The zero-order valence-corrected chi connectivity index (χ0v) is 9.39. The molecule has 0 aromatic carbocycles. The van der Waals surface area contributed by atoms with Gasteiger partial charge in [0.1, 0.15) is 0 Å². The van der Waals surface area contributed by atoms with Gasteiger partial charge in [-0.3, -0.25) is 9.89 Å². The lowest BCUT2D eigenvalue weighted by Gasteiger charge is -2.34. The average molecular weight is 223 g/mol. The molecule has 0 bridgehead atoms. The van der Waals surface area contributed by atoms with E-state index < -0.39 is 0 Å². The highest BCUT2D eigenvalue weighted by Gasteiger charge is 2.28. The third-order valence-electron chi connectivity index (χ3n) is 3.07. The molecule has 0 radical (unpaired) electrons. The molecule has 5 nitrogen and oxygen atoms in total. The summed E-state index contributed by atoms with van der Waals surface area (Å²) in [6, 6.07) is 1.80. The zero-order valence-electron chi connectivity index (χ0n) is 9.39. The highest BCUT2D eigenvalue weighted by molar-refractivity contribution is 5.78. The minimum Gasteiger partial charge on any atom is -0.393 e. The molecular weight excluding hydrogens is 206 g/mol. The van der Waals surface area contributed by atoms with E-state index in [1.807, 2.05) is 7.05 Å². The van der Waals surface area contributed by atoms with Gasteiger partial charge in [0.2, 0.25) is 5.91 Å². The highest BCUT2D eigenvalue weighted by Crippen LogP contribution is 2.27. The Kier molecular flexibility index (Phi) is 3.24. The van der Waals surface area contributed by atoms with Crippen LogP contribution in [0.25, 0.3) is 0 Å². The van der Waals surface area contributed by atoms with Gasteiger partial charge in [0, 0.05) is 25.5 Å². The van der Waals surface area contributed by atoms with E-state index in [1.54, 1.807) is 17.2 Å². The van der Waals surface area contributed by atoms with Gasteiger partial charge in [0.25, 0.3) is 0 Å². The number of nitrogens with zero attached hydrogens (tertiary/aromatic N) is 2. The number of hydrogen-bond acceptors (Lipinski definition) is 3. The van der Waals surface area contributed by atoms with Crippen molar-refractivity contribution in [2.45, 2.75) is 25.4 Å². The summed E-state index contributed by atoms with van der Waals surface area (Å²) in [6.45, 7) is 0.740. The summed E-state index contributed by atoms with van der Waals surface area (Å²) >= 11 is 0. The molecule has 0 aliphatic heterocycles. The van der Waals surface area contributed by atoms with Crippen molar-refractivity contribution >= 4 is 5.91 Å². The number of H-pyrrole nitrogens is 1. The minimum absolute atomic E-state index is 0.0886.